The maximum absolute atomic E-state index is 10.0. The predicted octanol–water partition coefficient (Wildman–Crippen LogP) is -1.53. The molecule has 2 heterocycles. The van der Waals surface area contributed by atoms with Gasteiger partial charge in [0, 0.05) is 7.11 Å². The summed E-state index contributed by atoms with van der Waals surface area (Å²) in [5, 5.41) is 23.2. The molecule has 8 nitrogen and oxygen atoms in total. The molecule has 0 aliphatic carbocycles. The molecule has 1 fully saturated rings. The van der Waals surface area contributed by atoms with Gasteiger partial charge in [0.05, 0.1) is 12.3 Å². The van der Waals surface area contributed by atoms with E-state index in [9.17, 15) is 5.11 Å². The van der Waals surface area contributed by atoms with Crippen LogP contribution in [0.2, 0.25) is 0 Å². The highest BCUT2D eigenvalue weighted by atomic mass is 16.6. The van der Waals surface area contributed by atoms with Crippen molar-refractivity contribution >= 4 is 5.70 Å². The van der Waals surface area contributed by atoms with Gasteiger partial charge in [0.1, 0.15) is 24.6 Å². The third kappa shape index (κ3) is 2.10. The molecule has 1 aromatic heterocycles. The number of hydrogen-bond donors (Lipinski definition) is 3. The second kappa shape index (κ2) is 5.02. The maximum atomic E-state index is 10.0. The van der Waals surface area contributed by atoms with Gasteiger partial charge in [-0.05, 0) is 0 Å². The number of rotatable bonds is 4. The van der Waals surface area contributed by atoms with Crippen LogP contribution in [-0.4, -0.2) is 57.0 Å². The zero-order valence-electron chi connectivity index (χ0n) is 9.93. The minimum absolute atomic E-state index is 0.225. The molecule has 4 N–H and O–H groups in total. The molecule has 1 aliphatic heterocycles. The van der Waals surface area contributed by atoms with Crippen molar-refractivity contribution in [2.24, 2.45) is 5.73 Å². The van der Waals surface area contributed by atoms with Crippen molar-refractivity contribution in [3.63, 3.8) is 0 Å². The monoisotopic (exact) mass is 256 g/mol. The lowest BCUT2D eigenvalue weighted by atomic mass is 10.1. The molecule has 0 amide bonds. The average Bonchev–Trinajstić information content (AvgIpc) is 2.93. The second-order valence-electron chi connectivity index (χ2n) is 4.01. The molecule has 8 heteroatoms. The quantitative estimate of drug-likeness (QED) is 0.598. The Morgan fingerprint density at radius 2 is 2.44 bits per heavy atom. The summed E-state index contributed by atoms with van der Waals surface area (Å²) in [6.45, 7) is 3.27. The molecule has 0 radical (unpaired) electrons. The lowest BCUT2D eigenvalue weighted by Gasteiger charge is -2.16. The van der Waals surface area contributed by atoms with Gasteiger partial charge in [0.25, 0.3) is 0 Å². The highest BCUT2D eigenvalue weighted by Crippen LogP contribution is 2.30. The maximum Gasteiger partial charge on any atom is 0.196 e. The highest BCUT2D eigenvalue weighted by Gasteiger charge is 2.45. The van der Waals surface area contributed by atoms with E-state index in [1.807, 2.05) is 0 Å². The smallest absolute Gasteiger partial charge is 0.196 e. The fourth-order valence-corrected chi connectivity index (χ4v) is 1.92. The third-order valence-corrected chi connectivity index (χ3v) is 2.82. The largest absolute Gasteiger partial charge is 0.396 e. The molecule has 0 unspecified atom stereocenters. The summed E-state index contributed by atoms with van der Waals surface area (Å²) in [5.41, 5.74) is 5.69. The number of aliphatic hydroxyl groups excluding tert-OH is 2. The van der Waals surface area contributed by atoms with E-state index in [1.165, 1.54) is 18.1 Å². The van der Waals surface area contributed by atoms with E-state index in [0.29, 0.717) is 0 Å². The molecule has 0 aromatic carbocycles. The number of nitrogens with zero attached hydrogens (tertiary/aromatic N) is 3. The predicted molar refractivity (Wildman–Crippen MR) is 61.0 cm³/mol. The van der Waals surface area contributed by atoms with Gasteiger partial charge in [-0.15, -0.1) is 5.10 Å². The number of ether oxygens (including phenoxy) is 2. The Morgan fingerprint density at radius 1 is 1.72 bits per heavy atom. The zero-order chi connectivity index (χ0) is 13.3. The molecular formula is C10H16N4O4. The van der Waals surface area contributed by atoms with Crippen LogP contribution in [0.4, 0.5) is 0 Å². The molecule has 1 aliphatic rings. The van der Waals surface area contributed by atoms with Crippen LogP contribution in [-0.2, 0) is 9.47 Å². The molecule has 18 heavy (non-hydrogen) atoms. The van der Waals surface area contributed by atoms with E-state index in [-0.39, 0.29) is 18.1 Å². The number of aromatic nitrogens is 3. The van der Waals surface area contributed by atoms with Crippen molar-refractivity contribution in [2.75, 3.05) is 13.7 Å². The molecule has 2 rings (SSSR count). The van der Waals surface area contributed by atoms with Gasteiger partial charge in [0.2, 0.25) is 0 Å². The Bertz CT molecular complexity index is 435. The van der Waals surface area contributed by atoms with Gasteiger partial charge in [-0.3, -0.25) is 0 Å². The first kappa shape index (κ1) is 13.0. The first-order valence-electron chi connectivity index (χ1n) is 5.41. The van der Waals surface area contributed by atoms with E-state index >= 15 is 0 Å². The first-order valence-corrected chi connectivity index (χ1v) is 5.41. The van der Waals surface area contributed by atoms with Gasteiger partial charge in [-0.1, -0.05) is 6.58 Å². The summed E-state index contributed by atoms with van der Waals surface area (Å²) < 4.78 is 11.9. The SMILES string of the molecule is C=C(N)c1ncn([C@@H]2O[C@H](CO)[C@@H](OC)[C@H]2O)n1. The molecular weight excluding hydrogens is 240 g/mol. The summed E-state index contributed by atoms with van der Waals surface area (Å²) in [6, 6.07) is 0. The zero-order valence-corrected chi connectivity index (χ0v) is 9.93. The molecule has 0 bridgehead atoms. The summed E-state index contributed by atoms with van der Waals surface area (Å²) in [6.07, 6.45) is -1.56. The van der Waals surface area contributed by atoms with Crippen LogP contribution in [0.5, 0.6) is 0 Å². The van der Waals surface area contributed by atoms with Crippen LogP contribution in [0.25, 0.3) is 5.70 Å². The molecule has 4 atom stereocenters. The van der Waals surface area contributed by atoms with Gasteiger partial charge < -0.3 is 25.4 Å². The Kier molecular flexibility index (Phi) is 3.62. The number of hydrogen-bond acceptors (Lipinski definition) is 7. The molecule has 0 spiro atoms. The van der Waals surface area contributed by atoms with E-state index in [1.54, 1.807) is 0 Å². The fourth-order valence-electron chi connectivity index (χ4n) is 1.92. The lowest BCUT2D eigenvalue weighted by Crippen LogP contribution is -2.35. The second-order valence-corrected chi connectivity index (χ2v) is 4.01. The Hall–Kier alpha value is -1.48. The number of nitrogens with two attached hydrogens (primary N) is 1. The minimum Gasteiger partial charge on any atom is -0.396 e. The van der Waals surface area contributed by atoms with E-state index in [4.69, 9.17) is 20.3 Å². The van der Waals surface area contributed by atoms with Crippen LogP contribution in [0.15, 0.2) is 12.9 Å². The highest BCUT2D eigenvalue weighted by molar-refractivity contribution is 5.51. The van der Waals surface area contributed by atoms with Crippen molar-refractivity contribution in [1.29, 1.82) is 0 Å². The Balaban J connectivity index is 2.20. The summed E-state index contributed by atoms with van der Waals surface area (Å²) in [5.74, 6) is 0.271. The third-order valence-electron chi connectivity index (χ3n) is 2.82. The van der Waals surface area contributed by atoms with Crippen LogP contribution < -0.4 is 5.73 Å². The van der Waals surface area contributed by atoms with Crippen LogP contribution in [0.3, 0.4) is 0 Å². The minimum atomic E-state index is -0.951. The molecule has 100 valence electrons. The van der Waals surface area contributed by atoms with Crippen molar-refractivity contribution in [3.8, 4) is 0 Å². The van der Waals surface area contributed by atoms with Crippen LogP contribution in [0.1, 0.15) is 12.1 Å². The average molecular weight is 256 g/mol. The van der Waals surface area contributed by atoms with Gasteiger partial charge >= 0.3 is 0 Å². The van der Waals surface area contributed by atoms with E-state index in [0.717, 1.165) is 0 Å². The van der Waals surface area contributed by atoms with E-state index in [2.05, 4.69) is 16.7 Å². The normalized spacial score (nSPS) is 31.7. The van der Waals surface area contributed by atoms with Crippen molar-refractivity contribution in [1.82, 2.24) is 14.8 Å². The summed E-state index contributed by atoms with van der Waals surface area (Å²) >= 11 is 0. The standard InChI is InChI=1S/C10H16N4O4/c1-5(11)9-12-4-14(13-9)10-7(16)8(17-2)6(3-15)18-10/h4,6-8,10,15-16H,1,3,11H2,2H3/t6-,7-,8-,10-/m1/s1. The summed E-state index contributed by atoms with van der Waals surface area (Å²) in [4.78, 5) is 3.93. The molecule has 1 saturated heterocycles. The molecule has 1 aromatic rings. The van der Waals surface area contributed by atoms with Gasteiger partial charge in [0.15, 0.2) is 12.1 Å². The number of methoxy groups -OCH3 is 1. The Morgan fingerprint density at radius 3 is 2.89 bits per heavy atom. The molecule has 0 saturated carbocycles. The van der Waals surface area contributed by atoms with Crippen LogP contribution in [0, 0.1) is 0 Å². The van der Waals surface area contributed by atoms with Gasteiger partial charge in [-0.2, -0.15) is 0 Å². The fraction of sp³-hybridized carbons (Fsp3) is 0.600. The first-order chi connectivity index (χ1) is 8.58. The van der Waals surface area contributed by atoms with Gasteiger partial charge in [-0.25, -0.2) is 9.67 Å². The van der Waals surface area contributed by atoms with Crippen molar-refractivity contribution in [2.45, 2.75) is 24.5 Å². The summed E-state index contributed by atoms with van der Waals surface area (Å²) in [7, 11) is 1.44. The van der Waals surface area contributed by atoms with E-state index < -0.39 is 24.5 Å². The number of aliphatic hydroxyl groups is 2. The van der Waals surface area contributed by atoms with Crippen molar-refractivity contribution < 1.29 is 19.7 Å². The Labute approximate surface area is 104 Å². The van der Waals surface area contributed by atoms with Crippen LogP contribution >= 0.6 is 0 Å². The topological polar surface area (TPSA) is 116 Å². The van der Waals surface area contributed by atoms with Crippen molar-refractivity contribution in [3.05, 3.63) is 18.7 Å². The lowest BCUT2D eigenvalue weighted by molar-refractivity contribution is -0.0602.